The van der Waals surface area contributed by atoms with E-state index in [1.807, 2.05) is 31.2 Å². The molecule has 1 heterocycles. The molecule has 0 saturated heterocycles. The Labute approximate surface area is 71.8 Å². The van der Waals surface area contributed by atoms with Crippen molar-refractivity contribution in [3.63, 3.8) is 0 Å². The number of hydrogen-bond donors (Lipinski definition) is 1. The number of benzene rings is 1. The van der Waals surface area contributed by atoms with Gasteiger partial charge in [0.2, 0.25) is 0 Å². The van der Waals surface area contributed by atoms with Crippen LogP contribution >= 0.6 is 0 Å². The van der Waals surface area contributed by atoms with Gasteiger partial charge in [0.05, 0.1) is 0 Å². The van der Waals surface area contributed by atoms with Gasteiger partial charge in [-0.3, -0.25) is 0 Å². The van der Waals surface area contributed by atoms with Gasteiger partial charge in [0.25, 0.3) is 0 Å². The molecule has 0 fully saturated rings. The van der Waals surface area contributed by atoms with Crippen LogP contribution in [0.3, 0.4) is 0 Å². The van der Waals surface area contributed by atoms with Gasteiger partial charge in [0.15, 0.2) is 0 Å². The van der Waals surface area contributed by atoms with Crippen molar-refractivity contribution in [2.45, 2.75) is 25.6 Å². The quantitative estimate of drug-likeness (QED) is 0.686. The molecule has 2 atom stereocenters. The van der Waals surface area contributed by atoms with E-state index in [1.54, 1.807) is 0 Å². The highest BCUT2D eigenvalue weighted by Crippen LogP contribution is 2.37. The van der Waals surface area contributed by atoms with Gasteiger partial charge in [-0.1, -0.05) is 25.1 Å². The lowest BCUT2D eigenvalue weighted by Crippen LogP contribution is -2.16. The zero-order chi connectivity index (χ0) is 8.55. The topological polar surface area (TPSA) is 29.5 Å². The molecular weight excluding hydrogens is 152 g/mol. The van der Waals surface area contributed by atoms with Crippen molar-refractivity contribution in [3.8, 4) is 5.75 Å². The van der Waals surface area contributed by atoms with Crippen LogP contribution in [0.4, 0.5) is 0 Å². The van der Waals surface area contributed by atoms with Crippen molar-refractivity contribution in [1.29, 1.82) is 0 Å². The minimum atomic E-state index is -0.439. The van der Waals surface area contributed by atoms with Crippen LogP contribution in [-0.4, -0.2) is 11.2 Å². The van der Waals surface area contributed by atoms with Gasteiger partial charge < -0.3 is 9.84 Å². The Hall–Kier alpha value is -1.02. The first-order chi connectivity index (χ1) is 5.83. The Balaban J connectivity index is 2.35. The molecule has 2 nitrogen and oxygen atoms in total. The summed E-state index contributed by atoms with van der Waals surface area (Å²) in [6.45, 7) is 2.01. The fourth-order valence-corrected chi connectivity index (χ4v) is 1.57. The predicted octanol–water partition coefficient (Wildman–Crippen LogP) is 1.89. The van der Waals surface area contributed by atoms with Crippen LogP contribution in [-0.2, 0) is 0 Å². The standard InChI is InChI=1S/C10H12O2/c1-2-8-10(11)7-5-3-4-6-9(7)12-8/h3-6,8,10-11H,2H2,1H3/t8-,10-/m1/s1. The first-order valence-corrected chi connectivity index (χ1v) is 4.26. The van der Waals surface area contributed by atoms with E-state index in [4.69, 9.17) is 4.74 Å². The highest BCUT2D eigenvalue weighted by molar-refractivity contribution is 5.39. The van der Waals surface area contributed by atoms with E-state index >= 15 is 0 Å². The van der Waals surface area contributed by atoms with Crippen LogP contribution in [0.1, 0.15) is 25.0 Å². The fraction of sp³-hybridized carbons (Fsp3) is 0.400. The van der Waals surface area contributed by atoms with Gasteiger partial charge in [-0.2, -0.15) is 0 Å². The minimum Gasteiger partial charge on any atom is -0.487 e. The Morgan fingerprint density at radius 1 is 1.42 bits per heavy atom. The van der Waals surface area contributed by atoms with Crippen LogP contribution < -0.4 is 4.74 Å². The maximum atomic E-state index is 9.72. The number of fused-ring (bicyclic) bond motifs is 1. The summed E-state index contributed by atoms with van der Waals surface area (Å²) in [5, 5.41) is 9.72. The van der Waals surface area contributed by atoms with Gasteiger partial charge in [-0.25, -0.2) is 0 Å². The highest BCUT2D eigenvalue weighted by atomic mass is 16.5. The molecule has 0 aliphatic carbocycles. The van der Waals surface area contributed by atoms with Crippen LogP contribution in [0.25, 0.3) is 0 Å². The van der Waals surface area contributed by atoms with Gasteiger partial charge in [-0.05, 0) is 12.5 Å². The first kappa shape index (κ1) is 7.62. The third-order valence-electron chi connectivity index (χ3n) is 2.27. The molecule has 0 radical (unpaired) electrons. The second-order valence-corrected chi connectivity index (χ2v) is 3.05. The van der Waals surface area contributed by atoms with Crippen molar-refractivity contribution in [2.75, 3.05) is 0 Å². The molecule has 64 valence electrons. The summed E-state index contributed by atoms with van der Waals surface area (Å²) in [6.07, 6.45) is 0.351. The fourth-order valence-electron chi connectivity index (χ4n) is 1.57. The Morgan fingerprint density at radius 2 is 2.17 bits per heavy atom. The average Bonchev–Trinajstić information content (AvgIpc) is 2.44. The van der Waals surface area contributed by atoms with E-state index in [9.17, 15) is 5.11 Å². The second kappa shape index (κ2) is 2.79. The molecule has 0 saturated carbocycles. The van der Waals surface area contributed by atoms with Gasteiger partial charge in [-0.15, -0.1) is 0 Å². The average molecular weight is 164 g/mol. The SMILES string of the molecule is CC[C@H]1Oc2ccccc2[C@H]1O. The summed E-state index contributed by atoms with van der Waals surface area (Å²) in [4.78, 5) is 0. The lowest BCUT2D eigenvalue weighted by Gasteiger charge is -2.10. The zero-order valence-corrected chi connectivity index (χ0v) is 7.03. The minimum absolute atomic E-state index is 0.0533. The van der Waals surface area contributed by atoms with Crippen molar-refractivity contribution >= 4 is 0 Å². The number of para-hydroxylation sites is 1. The Kier molecular flexibility index (Phi) is 1.77. The summed E-state index contributed by atoms with van der Waals surface area (Å²) in [5.74, 6) is 0.830. The second-order valence-electron chi connectivity index (χ2n) is 3.05. The normalized spacial score (nSPS) is 26.5. The van der Waals surface area contributed by atoms with Gasteiger partial charge in [0, 0.05) is 5.56 Å². The van der Waals surface area contributed by atoms with Crippen LogP contribution in [0.2, 0.25) is 0 Å². The maximum absolute atomic E-state index is 9.72. The summed E-state index contributed by atoms with van der Waals surface area (Å²) in [6, 6.07) is 7.65. The molecule has 0 aromatic heterocycles. The predicted molar refractivity (Wildman–Crippen MR) is 46.1 cm³/mol. The van der Waals surface area contributed by atoms with Crippen LogP contribution in [0.15, 0.2) is 24.3 Å². The third-order valence-corrected chi connectivity index (χ3v) is 2.27. The van der Waals surface area contributed by atoms with E-state index in [1.165, 1.54) is 0 Å². The summed E-state index contributed by atoms with van der Waals surface area (Å²) >= 11 is 0. The highest BCUT2D eigenvalue weighted by Gasteiger charge is 2.30. The lowest BCUT2D eigenvalue weighted by molar-refractivity contribution is 0.0653. The number of ether oxygens (including phenoxy) is 1. The molecule has 1 aromatic carbocycles. The summed E-state index contributed by atoms with van der Waals surface area (Å²) in [7, 11) is 0. The number of rotatable bonds is 1. The molecule has 12 heavy (non-hydrogen) atoms. The molecule has 0 spiro atoms. The molecule has 0 unspecified atom stereocenters. The summed E-state index contributed by atoms with van der Waals surface area (Å²) < 4.78 is 5.52. The van der Waals surface area contributed by atoms with Crippen LogP contribution in [0, 0.1) is 0 Å². The molecular formula is C10H12O2. The molecule has 2 heteroatoms. The van der Waals surface area contributed by atoms with E-state index in [0.717, 1.165) is 17.7 Å². The molecule has 2 rings (SSSR count). The van der Waals surface area contributed by atoms with Gasteiger partial charge >= 0.3 is 0 Å². The van der Waals surface area contributed by atoms with E-state index in [2.05, 4.69) is 0 Å². The summed E-state index contributed by atoms with van der Waals surface area (Å²) in [5.41, 5.74) is 0.921. The molecule has 0 bridgehead atoms. The number of aliphatic hydroxyl groups is 1. The molecule has 1 aliphatic heterocycles. The van der Waals surface area contributed by atoms with Crippen molar-refractivity contribution in [1.82, 2.24) is 0 Å². The Morgan fingerprint density at radius 3 is 2.83 bits per heavy atom. The van der Waals surface area contributed by atoms with Crippen molar-refractivity contribution < 1.29 is 9.84 Å². The molecule has 1 aromatic rings. The van der Waals surface area contributed by atoms with Crippen molar-refractivity contribution in [2.24, 2.45) is 0 Å². The first-order valence-electron chi connectivity index (χ1n) is 4.26. The molecule has 1 aliphatic rings. The number of hydrogen-bond acceptors (Lipinski definition) is 2. The molecule has 1 N–H and O–H groups in total. The maximum Gasteiger partial charge on any atom is 0.129 e. The van der Waals surface area contributed by atoms with Gasteiger partial charge in [0.1, 0.15) is 18.0 Å². The van der Waals surface area contributed by atoms with Crippen molar-refractivity contribution in [3.05, 3.63) is 29.8 Å². The largest absolute Gasteiger partial charge is 0.487 e. The smallest absolute Gasteiger partial charge is 0.129 e. The zero-order valence-electron chi connectivity index (χ0n) is 7.03. The number of aliphatic hydroxyl groups excluding tert-OH is 1. The van der Waals surface area contributed by atoms with E-state index in [-0.39, 0.29) is 6.10 Å². The van der Waals surface area contributed by atoms with E-state index < -0.39 is 6.10 Å². The third kappa shape index (κ3) is 0.994. The van der Waals surface area contributed by atoms with E-state index in [0.29, 0.717) is 0 Å². The monoisotopic (exact) mass is 164 g/mol. The molecule has 0 amide bonds. The Bertz CT molecular complexity index is 283. The lowest BCUT2D eigenvalue weighted by atomic mass is 10.1. The van der Waals surface area contributed by atoms with Crippen LogP contribution in [0.5, 0.6) is 5.75 Å².